The van der Waals surface area contributed by atoms with E-state index in [-0.39, 0.29) is 5.91 Å². The van der Waals surface area contributed by atoms with Crippen LogP contribution in [0.15, 0.2) is 72.4 Å². The molecule has 0 bridgehead atoms. The largest absolute Gasteiger partial charge is 0.352 e. The summed E-state index contributed by atoms with van der Waals surface area (Å²) in [5, 5.41) is 9.25. The van der Waals surface area contributed by atoms with Crippen LogP contribution in [0.25, 0.3) is 22.4 Å². The highest BCUT2D eigenvalue weighted by Gasteiger charge is 2.13. The number of pyridine rings is 1. The molecule has 34 heavy (non-hydrogen) atoms. The lowest BCUT2D eigenvalue weighted by atomic mass is 9.99. The maximum atomic E-state index is 12.4. The van der Waals surface area contributed by atoms with Gasteiger partial charge >= 0.3 is 0 Å². The van der Waals surface area contributed by atoms with Crippen LogP contribution in [0.4, 0.5) is 10.8 Å². The van der Waals surface area contributed by atoms with Crippen LogP contribution in [-0.2, 0) is 0 Å². The second-order valence-corrected chi connectivity index (χ2v) is 9.30. The zero-order chi connectivity index (χ0) is 23.9. The highest BCUT2D eigenvalue weighted by atomic mass is 32.1. The number of nitrogens with zero attached hydrogens (tertiary/aromatic N) is 3. The fourth-order valence-electron chi connectivity index (χ4n) is 3.65. The van der Waals surface area contributed by atoms with Crippen LogP contribution in [0.5, 0.6) is 0 Å². The summed E-state index contributed by atoms with van der Waals surface area (Å²) >= 11 is 1.57. The third-order valence-corrected chi connectivity index (χ3v) is 6.15. The minimum atomic E-state index is -0.0527. The van der Waals surface area contributed by atoms with Crippen LogP contribution in [0.3, 0.4) is 0 Å². The Hall–Kier alpha value is -3.55. The first-order chi connectivity index (χ1) is 16.5. The summed E-state index contributed by atoms with van der Waals surface area (Å²) in [5.74, 6) is -0.0527. The van der Waals surface area contributed by atoms with E-state index in [1.807, 2.05) is 68.1 Å². The van der Waals surface area contributed by atoms with Crippen molar-refractivity contribution in [1.82, 2.24) is 20.2 Å². The van der Waals surface area contributed by atoms with Crippen LogP contribution in [-0.4, -0.2) is 48.0 Å². The lowest BCUT2D eigenvalue weighted by molar-refractivity contribution is 0.0952. The van der Waals surface area contributed by atoms with Crippen molar-refractivity contribution in [2.75, 3.05) is 32.5 Å². The van der Waals surface area contributed by atoms with E-state index in [2.05, 4.69) is 39.6 Å². The van der Waals surface area contributed by atoms with E-state index in [1.165, 1.54) is 5.56 Å². The molecule has 0 spiro atoms. The molecular weight excluding hydrogens is 442 g/mol. The second kappa shape index (κ2) is 11.0. The average Bonchev–Trinajstić information content (AvgIpc) is 3.30. The minimum absolute atomic E-state index is 0.0527. The molecule has 0 fully saturated rings. The van der Waals surface area contributed by atoms with Crippen molar-refractivity contribution in [2.45, 2.75) is 13.3 Å². The number of carbonyl (C=O) groups is 1. The Morgan fingerprint density at radius 2 is 1.88 bits per heavy atom. The molecule has 7 heteroatoms. The number of hydrogen-bond donors (Lipinski definition) is 2. The van der Waals surface area contributed by atoms with Crippen molar-refractivity contribution in [3.05, 3.63) is 83.5 Å². The Morgan fingerprint density at radius 1 is 1.06 bits per heavy atom. The summed E-state index contributed by atoms with van der Waals surface area (Å²) in [7, 11) is 4.06. The Morgan fingerprint density at radius 3 is 2.65 bits per heavy atom. The van der Waals surface area contributed by atoms with Gasteiger partial charge < -0.3 is 15.5 Å². The molecule has 4 aromatic rings. The molecule has 0 saturated carbocycles. The summed E-state index contributed by atoms with van der Waals surface area (Å²) in [5.41, 5.74) is 6.73. The molecule has 4 rings (SSSR count). The first-order valence-corrected chi connectivity index (χ1v) is 12.1. The smallest absolute Gasteiger partial charge is 0.251 e. The number of benzene rings is 2. The third-order valence-electron chi connectivity index (χ3n) is 5.40. The highest BCUT2D eigenvalue weighted by molar-refractivity contribution is 7.14. The number of hydrogen-bond acceptors (Lipinski definition) is 6. The zero-order valence-corrected chi connectivity index (χ0v) is 20.5. The molecule has 0 aliphatic carbocycles. The first-order valence-electron chi connectivity index (χ1n) is 11.3. The molecule has 174 valence electrons. The van der Waals surface area contributed by atoms with Gasteiger partial charge in [-0.15, -0.1) is 11.3 Å². The topological polar surface area (TPSA) is 70.1 Å². The summed E-state index contributed by atoms with van der Waals surface area (Å²) in [4.78, 5) is 23.7. The van der Waals surface area contributed by atoms with Crippen LogP contribution in [0.2, 0.25) is 0 Å². The lowest BCUT2D eigenvalue weighted by Crippen LogP contribution is -2.27. The van der Waals surface area contributed by atoms with Crippen LogP contribution >= 0.6 is 11.3 Å². The van der Waals surface area contributed by atoms with E-state index in [1.54, 1.807) is 17.5 Å². The van der Waals surface area contributed by atoms with E-state index in [0.29, 0.717) is 12.1 Å². The van der Waals surface area contributed by atoms with Gasteiger partial charge in [0.15, 0.2) is 5.13 Å². The normalized spacial score (nSPS) is 10.9. The van der Waals surface area contributed by atoms with E-state index in [9.17, 15) is 4.79 Å². The number of aromatic nitrogens is 2. The van der Waals surface area contributed by atoms with Gasteiger partial charge in [-0.1, -0.05) is 24.3 Å². The minimum Gasteiger partial charge on any atom is -0.352 e. The van der Waals surface area contributed by atoms with Crippen molar-refractivity contribution in [1.29, 1.82) is 0 Å². The Labute approximate surface area is 204 Å². The molecule has 0 atom stereocenters. The van der Waals surface area contributed by atoms with E-state index >= 15 is 0 Å². The third kappa shape index (κ3) is 6.07. The molecule has 0 radical (unpaired) electrons. The van der Waals surface area contributed by atoms with Gasteiger partial charge in [-0.25, -0.2) is 4.98 Å². The maximum Gasteiger partial charge on any atom is 0.251 e. The highest BCUT2D eigenvalue weighted by Crippen LogP contribution is 2.34. The predicted molar refractivity (Wildman–Crippen MR) is 141 cm³/mol. The second-order valence-electron chi connectivity index (χ2n) is 8.44. The average molecular weight is 472 g/mol. The molecule has 0 saturated heterocycles. The molecule has 2 aromatic carbocycles. The van der Waals surface area contributed by atoms with Crippen molar-refractivity contribution in [3.8, 4) is 22.4 Å². The van der Waals surface area contributed by atoms with Gasteiger partial charge in [0.25, 0.3) is 5.91 Å². The van der Waals surface area contributed by atoms with Crippen molar-refractivity contribution >= 4 is 28.1 Å². The fraction of sp³-hybridized carbons (Fsp3) is 0.222. The van der Waals surface area contributed by atoms with Gasteiger partial charge in [-0.2, -0.15) is 0 Å². The number of carbonyl (C=O) groups excluding carboxylic acids is 1. The number of amides is 1. The van der Waals surface area contributed by atoms with Crippen molar-refractivity contribution < 1.29 is 4.79 Å². The fourth-order valence-corrected chi connectivity index (χ4v) is 4.38. The molecule has 2 aromatic heterocycles. The quantitative estimate of drug-likeness (QED) is 0.311. The molecule has 1 amide bonds. The van der Waals surface area contributed by atoms with E-state index < -0.39 is 0 Å². The molecule has 0 aliphatic rings. The number of aryl methyl sites for hydroxylation is 1. The summed E-state index contributed by atoms with van der Waals surface area (Å²) in [6.07, 6.45) is 4.55. The monoisotopic (exact) mass is 471 g/mol. The zero-order valence-electron chi connectivity index (χ0n) is 19.7. The van der Waals surface area contributed by atoms with Gasteiger partial charge in [0, 0.05) is 46.7 Å². The molecule has 0 aliphatic heterocycles. The summed E-state index contributed by atoms with van der Waals surface area (Å²) in [6.45, 7) is 3.68. The van der Waals surface area contributed by atoms with Gasteiger partial charge in [-0.05, 0) is 75.4 Å². The van der Waals surface area contributed by atoms with Crippen LogP contribution in [0.1, 0.15) is 22.3 Å². The van der Waals surface area contributed by atoms with E-state index in [4.69, 9.17) is 4.98 Å². The van der Waals surface area contributed by atoms with Crippen LogP contribution in [0, 0.1) is 6.92 Å². The lowest BCUT2D eigenvalue weighted by Gasteiger charge is -2.11. The van der Waals surface area contributed by atoms with Gasteiger partial charge in [0.05, 0.1) is 5.69 Å². The number of anilines is 2. The molecule has 0 unspecified atom stereocenters. The first kappa shape index (κ1) is 23.6. The van der Waals surface area contributed by atoms with Gasteiger partial charge in [-0.3, -0.25) is 9.78 Å². The molecule has 2 N–H and O–H groups in total. The van der Waals surface area contributed by atoms with Crippen molar-refractivity contribution in [2.24, 2.45) is 0 Å². The van der Waals surface area contributed by atoms with Crippen molar-refractivity contribution in [3.63, 3.8) is 0 Å². The number of thiazole rings is 1. The van der Waals surface area contributed by atoms with E-state index in [0.717, 1.165) is 46.2 Å². The molecule has 2 heterocycles. The maximum absolute atomic E-state index is 12.4. The van der Waals surface area contributed by atoms with Gasteiger partial charge in [0.2, 0.25) is 0 Å². The number of nitrogens with one attached hydrogen (secondary N) is 2. The summed E-state index contributed by atoms with van der Waals surface area (Å²) < 4.78 is 0. The van der Waals surface area contributed by atoms with Crippen LogP contribution < -0.4 is 10.6 Å². The van der Waals surface area contributed by atoms with Gasteiger partial charge in [0.1, 0.15) is 0 Å². The Bertz CT molecular complexity index is 1250. The number of rotatable bonds is 9. The molecule has 6 nitrogen and oxygen atoms in total. The predicted octanol–water partition coefficient (Wildman–Crippen LogP) is 5.61. The standard InChI is InChI=1S/C27H29N5OS/c1-19-6-4-7-22(16-19)30-27-31-25(18-34-27)23-12-14-28-17-24(23)20-8-10-21(11-9-20)26(33)29-13-5-15-32(2)3/h4,6-12,14,16-18H,5,13,15H2,1-3H3,(H,29,33)(H,30,31). The Balaban J connectivity index is 1.48. The molecular formula is C27H29N5OS. The Kier molecular flexibility index (Phi) is 7.67. The SMILES string of the molecule is Cc1cccc(Nc2nc(-c3ccncc3-c3ccc(C(=O)NCCCN(C)C)cc3)cs2)c1. The summed E-state index contributed by atoms with van der Waals surface area (Å²) in [6, 6.07) is 17.9.